The van der Waals surface area contributed by atoms with Crippen molar-refractivity contribution in [2.45, 2.75) is 51.1 Å². The third-order valence-electron chi connectivity index (χ3n) is 5.41. The molecule has 1 saturated carbocycles. The molecule has 3 aromatic rings. The van der Waals surface area contributed by atoms with Gasteiger partial charge in [0.2, 0.25) is 0 Å². The van der Waals surface area contributed by atoms with E-state index in [2.05, 4.69) is 5.10 Å². The number of carbonyl (C=O) groups is 1. The van der Waals surface area contributed by atoms with Crippen LogP contribution in [0.25, 0.3) is 11.4 Å². The molecule has 0 unspecified atom stereocenters. The van der Waals surface area contributed by atoms with E-state index in [-0.39, 0.29) is 29.5 Å². The van der Waals surface area contributed by atoms with Gasteiger partial charge in [-0.05, 0) is 48.1 Å². The van der Waals surface area contributed by atoms with Gasteiger partial charge in [-0.2, -0.15) is 0 Å². The van der Waals surface area contributed by atoms with Gasteiger partial charge in [0.1, 0.15) is 6.54 Å². The van der Waals surface area contributed by atoms with Crippen molar-refractivity contribution in [1.29, 1.82) is 0 Å². The van der Waals surface area contributed by atoms with Gasteiger partial charge in [0.05, 0.1) is 0 Å². The molecule has 0 N–H and O–H groups in total. The van der Waals surface area contributed by atoms with Crippen molar-refractivity contribution in [1.82, 2.24) is 14.3 Å². The number of Topliss-reactive ketones (excluding diaryl/α,β-unsaturated/α-hetero) is 1. The predicted molar refractivity (Wildman–Crippen MR) is 114 cm³/mol. The Morgan fingerprint density at radius 1 is 1.10 bits per heavy atom. The van der Waals surface area contributed by atoms with E-state index < -0.39 is 0 Å². The lowest BCUT2D eigenvalue weighted by Crippen LogP contribution is -2.30. The van der Waals surface area contributed by atoms with Crippen LogP contribution in [-0.2, 0) is 16.8 Å². The number of ketones is 1. The minimum Gasteiger partial charge on any atom is -0.298 e. The highest BCUT2D eigenvalue weighted by Gasteiger charge is 2.31. The highest BCUT2D eigenvalue weighted by molar-refractivity contribution is 6.30. The number of nitrogens with zero attached hydrogens (tertiary/aromatic N) is 3. The molecule has 1 fully saturated rings. The fourth-order valence-electron chi connectivity index (χ4n) is 3.69. The van der Waals surface area contributed by atoms with Crippen LogP contribution in [0.3, 0.4) is 0 Å². The summed E-state index contributed by atoms with van der Waals surface area (Å²) in [6.07, 6.45) is 2.26. The van der Waals surface area contributed by atoms with Crippen molar-refractivity contribution in [2.75, 3.05) is 0 Å². The van der Waals surface area contributed by atoms with Gasteiger partial charge in [0.15, 0.2) is 11.6 Å². The molecule has 0 saturated heterocycles. The van der Waals surface area contributed by atoms with Crippen LogP contribution in [0.15, 0.2) is 59.4 Å². The molecule has 0 amide bonds. The van der Waals surface area contributed by atoms with Crippen LogP contribution in [0, 0.1) is 0 Å². The summed E-state index contributed by atoms with van der Waals surface area (Å²) in [6, 6.07) is 17.4. The van der Waals surface area contributed by atoms with Gasteiger partial charge in [0, 0.05) is 23.0 Å². The van der Waals surface area contributed by atoms with Crippen LogP contribution >= 0.6 is 11.6 Å². The fourth-order valence-corrected chi connectivity index (χ4v) is 3.81. The highest BCUT2D eigenvalue weighted by atomic mass is 35.5. The molecule has 4 rings (SSSR count). The van der Waals surface area contributed by atoms with Crippen LogP contribution < -0.4 is 5.69 Å². The molecular weight excluding hydrogens is 386 g/mol. The van der Waals surface area contributed by atoms with E-state index in [1.54, 1.807) is 16.7 Å². The number of aromatic nitrogens is 3. The zero-order chi connectivity index (χ0) is 20.6. The van der Waals surface area contributed by atoms with Crippen LogP contribution in [0.5, 0.6) is 0 Å². The summed E-state index contributed by atoms with van der Waals surface area (Å²) in [7, 11) is 0. The number of rotatable bonds is 7. The lowest BCUT2D eigenvalue weighted by Gasteiger charge is -2.24. The Bertz CT molecular complexity index is 1080. The summed E-state index contributed by atoms with van der Waals surface area (Å²) in [4.78, 5) is 25.8. The largest absolute Gasteiger partial charge is 0.346 e. The second-order valence-corrected chi connectivity index (χ2v) is 8.77. The Labute approximate surface area is 174 Å². The van der Waals surface area contributed by atoms with Gasteiger partial charge in [-0.15, -0.1) is 5.10 Å². The average Bonchev–Trinajstić information content (AvgIpc) is 3.48. The first kappa shape index (κ1) is 19.6. The maximum atomic E-state index is 13.0. The van der Waals surface area contributed by atoms with Crippen molar-refractivity contribution in [3.05, 3.63) is 75.7 Å². The molecule has 2 aromatic carbocycles. The van der Waals surface area contributed by atoms with E-state index in [4.69, 9.17) is 11.6 Å². The Balaban J connectivity index is 1.59. The second-order valence-electron chi connectivity index (χ2n) is 8.34. The number of benzene rings is 2. The third-order valence-corrected chi connectivity index (χ3v) is 5.66. The molecule has 150 valence electrons. The van der Waals surface area contributed by atoms with Gasteiger partial charge in [-0.1, -0.05) is 55.8 Å². The SMILES string of the molecule is CC(C)(CC(=O)Cn1nc(-c2ccc(Cl)cc2)n(C2CC2)c1=O)c1ccccc1. The molecule has 6 heteroatoms. The molecular formula is C23H24ClN3O2. The Hall–Kier alpha value is -2.66. The molecule has 0 aliphatic heterocycles. The normalized spacial score (nSPS) is 14.2. The minimum atomic E-state index is -0.306. The monoisotopic (exact) mass is 409 g/mol. The van der Waals surface area contributed by atoms with E-state index in [9.17, 15) is 9.59 Å². The fraction of sp³-hybridized carbons (Fsp3) is 0.348. The summed E-state index contributed by atoms with van der Waals surface area (Å²) >= 11 is 5.99. The average molecular weight is 410 g/mol. The molecule has 1 aliphatic carbocycles. The van der Waals surface area contributed by atoms with Crippen LogP contribution in [0.1, 0.15) is 44.7 Å². The molecule has 0 spiro atoms. The van der Waals surface area contributed by atoms with Crippen molar-refractivity contribution in [3.8, 4) is 11.4 Å². The van der Waals surface area contributed by atoms with E-state index in [0.29, 0.717) is 17.3 Å². The first-order chi connectivity index (χ1) is 13.8. The zero-order valence-corrected chi connectivity index (χ0v) is 17.4. The molecule has 0 radical (unpaired) electrons. The summed E-state index contributed by atoms with van der Waals surface area (Å²) in [5.41, 5.74) is 1.41. The number of hydrogen-bond acceptors (Lipinski definition) is 3. The van der Waals surface area contributed by atoms with Crippen LogP contribution in [0.4, 0.5) is 0 Å². The van der Waals surface area contributed by atoms with E-state index in [1.165, 1.54) is 4.68 Å². The van der Waals surface area contributed by atoms with E-state index >= 15 is 0 Å². The number of hydrogen-bond donors (Lipinski definition) is 0. The standard InChI is InChI=1S/C23H24ClN3O2/c1-23(2,17-6-4-3-5-7-17)14-20(28)15-26-22(29)27(19-12-13-19)21(25-26)16-8-10-18(24)11-9-16/h3-11,19H,12-15H2,1-2H3. The van der Waals surface area contributed by atoms with Gasteiger partial charge in [-0.3, -0.25) is 9.36 Å². The first-order valence-electron chi connectivity index (χ1n) is 9.88. The Morgan fingerprint density at radius 2 is 1.76 bits per heavy atom. The van der Waals surface area contributed by atoms with Crippen molar-refractivity contribution in [3.63, 3.8) is 0 Å². The molecule has 1 aliphatic rings. The smallest absolute Gasteiger partial charge is 0.298 e. The Kier molecular flexibility index (Phi) is 5.17. The van der Waals surface area contributed by atoms with Gasteiger partial charge in [0.25, 0.3) is 0 Å². The molecule has 1 heterocycles. The summed E-state index contributed by atoms with van der Waals surface area (Å²) in [5.74, 6) is 0.591. The van der Waals surface area contributed by atoms with E-state index in [1.807, 2.05) is 56.3 Å². The highest BCUT2D eigenvalue weighted by Crippen LogP contribution is 2.36. The first-order valence-corrected chi connectivity index (χ1v) is 10.3. The summed E-state index contributed by atoms with van der Waals surface area (Å²) in [6.45, 7) is 4.07. The number of halogens is 1. The van der Waals surface area contributed by atoms with Crippen molar-refractivity contribution in [2.24, 2.45) is 0 Å². The van der Waals surface area contributed by atoms with Crippen molar-refractivity contribution >= 4 is 17.4 Å². The molecule has 0 bridgehead atoms. The van der Waals surface area contributed by atoms with E-state index in [0.717, 1.165) is 24.0 Å². The molecule has 5 nitrogen and oxygen atoms in total. The maximum Gasteiger partial charge on any atom is 0.346 e. The van der Waals surface area contributed by atoms with Crippen LogP contribution in [0.2, 0.25) is 5.02 Å². The molecule has 0 atom stereocenters. The number of carbonyl (C=O) groups excluding carboxylic acids is 1. The van der Waals surface area contributed by atoms with Crippen LogP contribution in [-0.4, -0.2) is 20.1 Å². The predicted octanol–water partition coefficient (Wildman–Crippen LogP) is 4.64. The minimum absolute atomic E-state index is 0.0101. The second kappa shape index (κ2) is 7.64. The van der Waals surface area contributed by atoms with Gasteiger partial charge < -0.3 is 0 Å². The maximum absolute atomic E-state index is 13.0. The summed E-state index contributed by atoms with van der Waals surface area (Å²) < 4.78 is 3.03. The Morgan fingerprint density at radius 3 is 2.38 bits per heavy atom. The molecule has 1 aromatic heterocycles. The van der Waals surface area contributed by atoms with Gasteiger partial charge >= 0.3 is 5.69 Å². The quantitative estimate of drug-likeness (QED) is 0.571. The summed E-state index contributed by atoms with van der Waals surface area (Å²) in [5, 5.41) is 5.15. The van der Waals surface area contributed by atoms with Gasteiger partial charge in [-0.25, -0.2) is 9.48 Å². The topological polar surface area (TPSA) is 56.9 Å². The lowest BCUT2D eigenvalue weighted by molar-refractivity contribution is -0.120. The zero-order valence-electron chi connectivity index (χ0n) is 16.6. The lowest BCUT2D eigenvalue weighted by atomic mass is 9.80. The third kappa shape index (κ3) is 4.20. The van der Waals surface area contributed by atoms with Crippen molar-refractivity contribution < 1.29 is 4.79 Å². The molecule has 29 heavy (non-hydrogen) atoms.